The van der Waals surface area contributed by atoms with E-state index in [4.69, 9.17) is 23.7 Å². The molecule has 12 heteroatoms. The zero-order chi connectivity index (χ0) is 61.7. The molecule has 6 unspecified atom stereocenters. The van der Waals surface area contributed by atoms with Crippen molar-refractivity contribution in [1.82, 2.24) is 0 Å². The second-order valence-corrected chi connectivity index (χ2v) is 21.2. The van der Waals surface area contributed by atoms with E-state index in [-0.39, 0.29) is 25.9 Å². The first-order chi connectivity index (χ1) is 41.6. The molecule has 0 aromatic carbocycles. The van der Waals surface area contributed by atoms with Gasteiger partial charge in [0.1, 0.15) is 18.8 Å². The summed E-state index contributed by atoms with van der Waals surface area (Å²) in [4.78, 5) is 51.4. The zero-order valence-electron chi connectivity index (χ0n) is 52.5. The van der Waals surface area contributed by atoms with E-state index in [2.05, 4.69) is 179 Å². The number of hydrogen-bond donors (Lipinski definition) is 3. The largest absolute Gasteiger partial charge is 0.479 e. The van der Waals surface area contributed by atoms with Crippen molar-refractivity contribution in [2.75, 3.05) is 13.2 Å². The number of carbonyl (C=O) groups excluding carboxylic acids is 3. The summed E-state index contributed by atoms with van der Waals surface area (Å²) in [5.74, 6) is -3.24. The van der Waals surface area contributed by atoms with Crippen LogP contribution in [0.25, 0.3) is 0 Å². The normalized spacial score (nSPS) is 18.5. The van der Waals surface area contributed by atoms with Crippen LogP contribution in [0.1, 0.15) is 226 Å². The average Bonchev–Trinajstić information content (AvgIpc) is 2.79. The Morgan fingerprint density at radius 1 is 0.388 bits per heavy atom. The highest BCUT2D eigenvalue weighted by atomic mass is 16.7. The van der Waals surface area contributed by atoms with Crippen LogP contribution in [0.2, 0.25) is 0 Å². The van der Waals surface area contributed by atoms with E-state index >= 15 is 0 Å². The molecule has 1 aliphatic rings. The number of aliphatic hydroxyl groups is 2. The Kier molecular flexibility index (Phi) is 53.4. The van der Waals surface area contributed by atoms with Gasteiger partial charge in [0.15, 0.2) is 24.6 Å². The van der Waals surface area contributed by atoms with E-state index in [1.54, 1.807) is 0 Å². The van der Waals surface area contributed by atoms with Crippen LogP contribution < -0.4 is 0 Å². The molecule has 0 aromatic rings. The molecule has 6 atom stereocenters. The second-order valence-electron chi connectivity index (χ2n) is 21.2. The maximum absolute atomic E-state index is 13.2. The molecular weight excluding hydrogens is 1070 g/mol. The van der Waals surface area contributed by atoms with Crippen molar-refractivity contribution in [3.8, 4) is 0 Å². The van der Waals surface area contributed by atoms with Gasteiger partial charge in [-0.3, -0.25) is 14.4 Å². The lowest BCUT2D eigenvalue weighted by molar-refractivity contribution is -0.301. The summed E-state index contributed by atoms with van der Waals surface area (Å²) in [6.45, 7) is 5.61. The van der Waals surface area contributed by atoms with Crippen LogP contribution in [0.5, 0.6) is 0 Å². The SMILES string of the molecule is CC/C=C\C/C=C\C/C=C\C/C=C\C/C=C\CCCCCC(=O)OC1C(OCC(COC(=O)CCCCCCCC/C=C\C/C=C\C/C=C\C/C=C\CC)OC(=O)CCCCCC/C=C\C/C=C\C/C=C\C/C=C\CC)OC(C(=O)O)C(O)C1O. The Balaban J connectivity index is 2.72. The standard InChI is InChI=1S/C73H112O12/c1-4-7-10-13-16-19-22-25-28-31-33-36-38-41-44-47-50-53-56-59-65(74)81-62-64(83-66(75)60-57-54-51-48-45-42-39-35-30-27-24-21-18-15-12-9-6-3)63-82-73-71(69(78)68(77)70(85-73)72(79)80)84-67(76)61-58-55-52-49-46-43-40-37-34-32-29-26-23-20-17-14-11-8-5-2/h7-12,16-21,25-30,33-34,36-37,39,42-43,46,64,68-71,73,77-78H,4-6,13-15,22-24,31-32,35,38,40-41,44-45,47-63H2,1-3H3,(H,79,80)/b10-7-,11-8-,12-9-,19-16-,20-17-,21-18-,28-25-,29-26-,30-27-,36-33-,37-34-,42-39-,46-43-. The van der Waals surface area contributed by atoms with Crippen LogP contribution in [0, 0.1) is 0 Å². The van der Waals surface area contributed by atoms with Gasteiger partial charge in [0, 0.05) is 19.3 Å². The lowest BCUT2D eigenvalue weighted by Gasteiger charge is -2.40. The average molecular weight is 1180 g/mol. The third-order valence-electron chi connectivity index (χ3n) is 13.6. The first-order valence-electron chi connectivity index (χ1n) is 32.5. The van der Waals surface area contributed by atoms with Gasteiger partial charge in [-0.2, -0.15) is 0 Å². The van der Waals surface area contributed by atoms with Crippen LogP contribution in [0.3, 0.4) is 0 Å². The summed E-state index contributed by atoms with van der Waals surface area (Å²) in [5.41, 5.74) is 0. The van der Waals surface area contributed by atoms with E-state index in [1.807, 2.05) is 0 Å². The minimum Gasteiger partial charge on any atom is -0.479 e. The Bertz CT molecular complexity index is 2080. The van der Waals surface area contributed by atoms with E-state index in [0.717, 1.165) is 167 Å². The summed E-state index contributed by atoms with van der Waals surface area (Å²) >= 11 is 0. The molecule has 1 saturated heterocycles. The van der Waals surface area contributed by atoms with Gasteiger partial charge in [-0.25, -0.2) is 4.79 Å². The van der Waals surface area contributed by atoms with E-state index in [1.165, 1.54) is 0 Å². The number of aliphatic hydroxyl groups excluding tert-OH is 2. The number of hydrogen-bond acceptors (Lipinski definition) is 11. The lowest BCUT2D eigenvalue weighted by Crippen LogP contribution is -2.61. The van der Waals surface area contributed by atoms with Gasteiger partial charge in [-0.05, 0) is 141 Å². The number of carbonyl (C=O) groups is 4. The summed E-state index contributed by atoms with van der Waals surface area (Å²) in [5, 5.41) is 31.6. The van der Waals surface area contributed by atoms with Crippen molar-refractivity contribution in [1.29, 1.82) is 0 Å². The number of carboxylic acids is 1. The van der Waals surface area contributed by atoms with Crippen LogP contribution in [-0.2, 0) is 42.9 Å². The van der Waals surface area contributed by atoms with Crippen molar-refractivity contribution >= 4 is 23.9 Å². The van der Waals surface area contributed by atoms with Crippen LogP contribution in [0.4, 0.5) is 0 Å². The van der Waals surface area contributed by atoms with E-state index < -0.39 is 67.3 Å². The second kappa shape index (κ2) is 58.7. The highest BCUT2D eigenvalue weighted by Crippen LogP contribution is 2.26. The van der Waals surface area contributed by atoms with E-state index in [9.17, 15) is 34.5 Å². The monoisotopic (exact) mass is 1180 g/mol. The Labute approximate surface area is 514 Å². The number of ether oxygens (including phenoxy) is 5. The molecule has 0 bridgehead atoms. The fourth-order valence-corrected chi connectivity index (χ4v) is 8.73. The number of rotatable bonds is 53. The zero-order valence-corrected chi connectivity index (χ0v) is 52.5. The molecule has 1 rings (SSSR count). The topological polar surface area (TPSA) is 175 Å². The van der Waals surface area contributed by atoms with Crippen molar-refractivity contribution in [3.63, 3.8) is 0 Å². The maximum Gasteiger partial charge on any atom is 0.335 e. The molecule has 0 aliphatic carbocycles. The van der Waals surface area contributed by atoms with Gasteiger partial charge in [-0.15, -0.1) is 0 Å². The van der Waals surface area contributed by atoms with Gasteiger partial charge >= 0.3 is 23.9 Å². The van der Waals surface area contributed by atoms with Gasteiger partial charge < -0.3 is 39.0 Å². The molecule has 1 aliphatic heterocycles. The van der Waals surface area contributed by atoms with Gasteiger partial charge in [-0.1, -0.05) is 224 Å². The van der Waals surface area contributed by atoms with Crippen molar-refractivity contribution < 1.29 is 58.2 Å². The lowest BCUT2D eigenvalue weighted by atomic mass is 9.98. The van der Waals surface area contributed by atoms with Gasteiger partial charge in [0.2, 0.25) is 0 Å². The van der Waals surface area contributed by atoms with Gasteiger partial charge in [0.25, 0.3) is 0 Å². The smallest absolute Gasteiger partial charge is 0.335 e. The predicted molar refractivity (Wildman–Crippen MR) is 349 cm³/mol. The minimum atomic E-state index is -1.93. The van der Waals surface area contributed by atoms with Crippen LogP contribution >= 0.6 is 0 Å². The van der Waals surface area contributed by atoms with Gasteiger partial charge in [0.05, 0.1) is 6.61 Å². The molecule has 0 amide bonds. The van der Waals surface area contributed by atoms with Crippen LogP contribution in [0.15, 0.2) is 158 Å². The Morgan fingerprint density at radius 2 is 0.706 bits per heavy atom. The minimum absolute atomic E-state index is 0.00731. The third kappa shape index (κ3) is 48.2. The number of carboxylic acid groups (broad SMARTS) is 1. The molecule has 0 aromatic heterocycles. The number of aliphatic carboxylic acids is 1. The molecule has 85 heavy (non-hydrogen) atoms. The first-order valence-corrected chi connectivity index (χ1v) is 32.5. The molecule has 0 spiro atoms. The molecule has 0 radical (unpaired) electrons. The number of esters is 3. The fourth-order valence-electron chi connectivity index (χ4n) is 8.73. The molecule has 0 saturated carbocycles. The molecule has 1 heterocycles. The molecule has 3 N–H and O–H groups in total. The number of allylic oxidation sites excluding steroid dienone is 26. The summed E-state index contributed by atoms with van der Waals surface area (Å²) in [7, 11) is 0. The maximum atomic E-state index is 13.2. The van der Waals surface area contributed by atoms with Crippen molar-refractivity contribution in [2.45, 2.75) is 263 Å². The van der Waals surface area contributed by atoms with E-state index in [0.29, 0.717) is 19.3 Å². The molecular formula is C73H112O12. The summed E-state index contributed by atoms with van der Waals surface area (Å²) < 4.78 is 28.5. The van der Waals surface area contributed by atoms with Crippen LogP contribution in [-0.4, -0.2) is 89.2 Å². The Hall–Kier alpha value is -5.66. The Morgan fingerprint density at radius 3 is 1.08 bits per heavy atom. The quantitative estimate of drug-likeness (QED) is 0.0228. The summed E-state index contributed by atoms with van der Waals surface area (Å²) in [6.07, 6.45) is 73.3. The third-order valence-corrected chi connectivity index (χ3v) is 13.6. The molecule has 12 nitrogen and oxygen atoms in total. The van der Waals surface area contributed by atoms with Crippen molar-refractivity contribution in [2.24, 2.45) is 0 Å². The van der Waals surface area contributed by atoms with Crippen molar-refractivity contribution in [3.05, 3.63) is 158 Å². The highest BCUT2D eigenvalue weighted by Gasteiger charge is 2.50. The first kappa shape index (κ1) is 77.4. The highest BCUT2D eigenvalue weighted by molar-refractivity contribution is 5.74. The molecule has 476 valence electrons. The predicted octanol–water partition coefficient (Wildman–Crippen LogP) is 17.7. The fraction of sp³-hybridized carbons (Fsp3) is 0.589. The summed E-state index contributed by atoms with van der Waals surface area (Å²) in [6, 6.07) is 0. The number of unbranched alkanes of at least 4 members (excludes halogenated alkanes) is 13. The molecule has 1 fully saturated rings.